The average Bonchev–Trinajstić information content (AvgIpc) is 2.51. The van der Waals surface area contributed by atoms with Gasteiger partial charge in [-0.3, -0.25) is 4.68 Å². The SMILES string of the molecule is CC(O)C(C)NCCc1ccn(C)n1. The Labute approximate surface area is 84.9 Å². The Morgan fingerprint density at radius 2 is 2.29 bits per heavy atom. The van der Waals surface area contributed by atoms with Crippen molar-refractivity contribution >= 4 is 0 Å². The van der Waals surface area contributed by atoms with Gasteiger partial charge < -0.3 is 10.4 Å². The number of hydrogen-bond acceptors (Lipinski definition) is 3. The first-order valence-corrected chi connectivity index (χ1v) is 4.99. The van der Waals surface area contributed by atoms with Crippen LogP contribution in [0, 0.1) is 0 Å². The lowest BCUT2D eigenvalue weighted by atomic mass is 10.2. The van der Waals surface area contributed by atoms with Crippen molar-refractivity contribution in [3.8, 4) is 0 Å². The number of aliphatic hydroxyl groups is 1. The monoisotopic (exact) mass is 197 g/mol. The standard InChI is InChI=1S/C10H19N3O/c1-8(9(2)14)11-6-4-10-5-7-13(3)12-10/h5,7-9,11,14H,4,6H2,1-3H3. The van der Waals surface area contributed by atoms with Gasteiger partial charge in [0.2, 0.25) is 0 Å². The molecule has 2 unspecified atom stereocenters. The predicted octanol–water partition coefficient (Wildman–Crippen LogP) is 0.321. The van der Waals surface area contributed by atoms with Crippen LogP contribution >= 0.6 is 0 Å². The number of hydrogen-bond donors (Lipinski definition) is 2. The van der Waals surface area contributed by atoms with E-state index in [9.17, 15) is 5.11 Å². The van der Waals surface area contributed by atoms with E-state index in [4.69, 9.17) is 0 Å². The van der Waals surface area contributed by atoms with E-state index in [1.807, 2.05) is 26.2 Å². The van der Waals surface area contributed by atoms with Gasteiger partial charge >= 0.3 is 0 Å². The second kappa shape index (κ2) is 5.12. The summed E-state index contributed by atoms with van der Waals surface area (Å²) in [6.45, 7) is 4.62. The number of nitrogens with zero attached hydrogens (tertiary/aromatic N) is 2. The highest BCUT2D eigenvalue weighted by atomic mass is 16.3. The van der Waals surface area contributed by atoms with Crippen LogP contribution in [0.15, 0.2) is 12.3 Å². The Bertz CT molecular complexity index is 270. The summed E-state index contributed by atoms with van der Waals surface area (Å²) in [6, 6.07) is 2.15. The van der Waals surface area contributed by atoms with Crippen LogP contribution in [0.5, 0.6) is 0 Å². The molecule has 0 aliphatic heterocycles. The van der Waals surface area contributed by atoms with E-state index in [0.29, 0.717) is 0 Å². The van der Waals surface area contributed by atoms with Crippen molar-refractivity contribution in [3.05, 3.63) is 18.0 Å². The topological polar surface area (TPSA) is 50.1 Å². The minimum Gasteiger partial charge on any atom is -0.392 e. The highest BCUT2D eigenvalue weighted by Crippen LogP contribution is 1.95. The molecule has 0 fully saturated rings. The van der Waals surface area contributed by atoms with E-state index in [1.54, 1.807) is 11.6 Å². The first kappa shape index (κ1) is 11.2. The summed E-state index contributed by atoms with van der Waals surface area (Å²) in [5, 5.41) is 16.7. The molecule has 0 radical (unpaired) electrons. The molecular formula is C10H19N3O. The predicted molar refractivity (Wildman–Crippen MR) is 56.1 cm³/mol. The Morgan fingerprint density at radius 1 is 1.57 bits per heavy atom. The van der Waals surface area contributed by atoms with Crippen LogP contribution in [0.4, 0.5) is 0 Å². The molecule has 4 heteroatoms. The second-order valence-electron chi connectivity index (χ2n) is 3.71. The first-order chi connectivity index (χ1) is 6.59. The number of nitrogens with one attached hydrogen (secondary N) is 1. The quantitative estimate of drug-likeness (QED) is 0.715. The largest absolute Gasteiger partial charge is 0.392 e. The van der Waals surface area contributed by atoms with Crippen molar-refractivity contribution in [2.24, 2.45) is 7.05 Å². The van der Waals surface area contributed by atoms with Gasteiger partial charge in [-0.15, -0.1) is 0 Å². The van der Waals surface area contributed by atoms with Crippen molar-refractivity contribution in [3.63, 3.8) is 0 Å². The van der Waals surface area contributed by atoms with Gasteiger partial charge in [-0.1, -0.05) is 0 Å². The molecule has 0 aliphatic rings. The highest BCUT2D eigenvalue weighted by molar-refractivity contribution is 4.99. The molecule has 2 N–H and O–H groups in total. The van der Waals surface area contributed by atoms with Crippen molar-refractivity contribution in [1.29, 1.82) is 0 Å². The van der Waals surface area contributed by atoms with Gasteiger partial charge in [0.1, 0.15) is 0 Å². The molecule has 1 aromatic heterocycles. The number of aromatic nitrogens is 2. The molecule has 0 aromatic carbocycles. The molecule has 0 amide bonds. The van der Waals surface area contributed by atoms with E-state index in [-0.39, 0.29) is 12.1 Å². The molecule has 2 atom stereocenters. The van der Waals surface area contributed by atoms with E-state index >= 15 is 0 Å². The summed E-state index contributed by atoms with van der Waals surface area (Å²) in [6.07, 6.45) is 2.53. The van der Waals surface area contributed by atoms with Gasteiger partial charge in [-0.2, -0.15) is 5.10 Å². The fraction of sp³-hybridized carbons (Fsp3) is 0.700. The maximum absolute atomic E-state index is 9.24. The Balaban J connectivity index is 2.22. The lowest BCUT2D eigenvalue weighted by molar-refractivity contribution is 0.153. The summed E-state index contributed by atoms with van der Waals surface area (Å²) >= 11 is 0. The second-order valence-corrected chi connectivity index (χ2v) is 3.71. The lowest BCUT2D eigenvalue weighted by Gasteiger charge is -2.15. The third kappa shape index (κ3) is 3.47. The fourth-order valence-electron chi connectivity index (χ4n) is 1.19. The normalized spacial score (nSPS) is 15.4. The molecule has 0 bridgehead atoms. The smallest absolute Gasteiger partial charge is 0.0662 e. The summed E-state index contributed by atoms with van der Waals surface area (Å²) in [5.41, 5.74) is 1.08. The summed E-state index contributed by atoms with van der Waals surface area (Å²) in [5.74, 6) is 0. The molecule has 0 aliphatic carbocycles. The maximum Gasteiger partial charge on any atom is 0.0662 e. The molecule has 0 saturated carbocycles. The van der Waals surface area contributed by atoms with Crippen LogP contribution < -0.4 is 5.32 Å². The molecular weight excluding hydrogens is 178 g/mol. The van der Waals surface area contributed by atoms with Gasteiger partial charge in [0.15, 0.2) is 0 Å². The Hall–Kier alpha value is -0.870. The zero-order chi connectivity index (χ0) is 10.6. The minimum atomic E-state index is -0.307. The highest BCUT2D eigenvalue weighted by Gasteiger charge is 2.07. The fourth-order valence-corrected chi connectivity index (χ4v) is 1.19. The van der Waals surface area contributed by atoms with Gasteiger partial charge in [0, 0.05) is 32.3 Å². The van der Waals surface area contributed by atoms with Gasteiger partial charge in [0.25, 0.3) is 0 Å². The molecule has 80 valence electrons. The molecule has 1 heterocycles. The van der Waals surface area contributed by atoms with Crippen molar-refractivity contribution in [1.82, 2.24) is 15.1 Å². The van der Waals surface area contributed by atoms with E-state index in [0.717, 1.165) is 18.7 Å². The maximum atomic E-state index is 9.24. The third-order valence-corrected chi connectivity index (χ3v) is 2.34. The molecule has 4 nitrogen and oxygen atoms in total. The van der Waals surface area contributed by atoms with Crippen LogP contribution in [0.25, 0.3) is 0 Å². The van der Waals surface area contributed by atoms with Crippen molar-refractivity contribution in [2.75, 3.05) is 6.54 Å². The van der Waals surface area contributed by atoms with Gasteiger partial charge in [0.05, 0.1) is 11.8 Å². The van der Waals surface area contributed by atoms with Crippen LogP contribution in [0.2, 0.25) is 0 Å². The van der Waals surface area contributed by atoms with Crippen LogP contribution in [0.3, 0.4) is 0 Å². The Kier molecular flexibility index (Phi) is 4.10. The van der Waals surface area contributed by atoms with Crippen molar-refractivity contribution < 1.29 is 5.11 Å². The zero-order valence-electron chi connectivity index (χ0n) is 9.07. The summed E-state index contributed by atoms with van der Waals surface area (Å²) in [7, 11) is 1.91. The molecule has 1 rings (SSSR count). The van der Waals surface area contributed by atoms with Crippen LogP contribution in [-0.2, 0) is 13.5 Å². The summed E-state index contributed by atoms with van der Waals surface area (Å²) in [4.78, 5) is 0. The first-order valence-electron chi connectivity index (χ1n) is 4.99. The molecule has 14 heavy (non-hydrogen) atoms. The van der Waals surface area contributed by atoms with Gasteiger partial charge in [-0.05, 0) is 19.9 Å². The summed E-state index contributed by atoms with van der Waals surface area (Å²) < 4.78 is 1.80. The van der Waals surface area contributed by atoms with E-state index in [2.05, 4.69) is 10.4 Å². The van der Waals surface area contributed by atoms with Crippen molar-refractivity contribution in [2.45, 2.75) is 32.4 Å². The van der Waals surface area contributed by atoms with E-state index < -0.39 is 0 Å². The molecule has 0 spiro atoms. The Morgan fingerprint density at radius 3 is 2.79 bits per heavy atom. The zero-order valence-corrected chi connectivity index (χ0v) is 9.07. The third-order valence-electron chi connectivity index (χ3n) is 2.34. The number of aliphatic hydroxyl groups excluding tert-OH is 1. The molecule has 0 saturated heterocycles. The lowest BCUT2D eigenvalue weighted by Crippen LogP contribution is -2.36. The van der Waals surface area contributed by atoms with Crippen LogP contribution in [0.1, 0.15) is 19.5 Å². The van der Waals surface area contributed by atoms with E-state index in [1.165, 1.54) is 0 Å². The number of rotatable bonds is 5. The number of aryl methyl sites for hydroxylation is 1. The van der Waals surface area contributed by atoms with Crippen LogP contribution in [-0.4, -0.2) is 33.6 Å². The minimum absolute atomic E-state index is 0.138. The average molecular weight is 197 g/mol. The van der Waals surface area contributed by atoms with Gasteiger partial charge in [-0.25, -0.2) is 0 Å². The molecule has 1 aromatic rings.